The first-order valence-corrected chi connectivity index (χ1v) is 7.68. The molecule has 25 heavy (non-hydrogen) atoms. The first-order valence-electron chi connectivity index (χ1n) is 7.68. The Labute approximate surface area is 143 Å². The Balaban J connectivity index is 1.98. The predicted molar refractivity (Wildman–Crippen MR) is 83.4 cm³/mol. The highest BCUT2D eigenvalue weighted by Crippen LogP contribution is 2.35. The molecule has 1 heterocycles. The summed E-state index contributed by atoms with van der Waals surface area (Å²) in [6.07, 6.45) is -5.27. The molecule has 0 aliphatic carbocycles. The van der Waals surface area contributed by atoms with Gasteiger partial charge in [0.1, 0.15) is 11.4 Å². The zero-order chi connectivity index (χ0) is 19.0. The Kier molecular flexibility index (Phi) is 4.76. The van der Waals surface area contributed by atoms with Gasteiger partial charge in [0, 0.05) is 18.7 Å². The smallest absolute Gasteiger partial charge is 0.444 e. The number of ketones is 1. The number of amides is 1. The van der Waals surface area contributed by atoms with Gasteiger partial charge in [-0.3, -0.25) is 4.79 Å². The standard InChI is InChI=1S/C17H20F3NO4/c1-15(2,3)25-14(23)21-9-16(4,10-21)13(22)11-5-7-12(8-6-11)24-17(18,19)20/h5-8H,9-10H2,1-4H3. The van der Waals surface area contributed by atoms with E-state index >= 15 is 0 Å². The molecule has 8 heteroatoms. The molecule has 1 fully saturated rings. The van der Waals surface area contributed by atoms with E-state index in [1.165, 1.54) is 17.0 Å². The van der Waals surface area contributed by atoms with Crippen LogP contribution in [-0.2, 0) is 4.74 Å². The molecule has 0 aromatic heterocycles. The van der Waals surface area contributed by atoms with Crippen molar-refractivity contribution < 1.29 is 32.2 Å². The van der Waals surface area contributed by atoms with Crippen molar-refractivity contribution in [2.75, 3.05) is 13.1 Å². The number of carbonyl (C=O) groups is 2. The van der Waals surface area contributed by atoms with Crippen LogP contribution in [0.25, 0.3) is 0 Å². The highest BCUT2D eigenvalue weighted by Gasteiger charge is 2.48. The fourth-order valence-corrected chi connectivity index (χ4v) is 2.55. The fourth-order valence-electron chi connectivity index (χ4n) is 2.55. The zero-order valence-electron chi connectivity index (χ0n) is 14.4. The van der Waals surface area contributed by atoms with Crippen molar-refractivity contribution in [2.45, 2.75) is 39.7 Å². The zero-order valence-corrected chi connectivity index (χ0v) is 14.4. The van der Waals surface area contributed by atoms with E-state index in [1.807, 2.05) is 0 Å². The second-order valence-corrected chi connectivity index (χ2v) is 7.30. The minimum absolute atomic E-state index is 0.196. The molecule has 5 nitrogen and oxygen atoms in total. The summed E-state index contributed by atoms with van der Waals surface area (Å²) in [6.45, 7) is 7.35. The number of carbonyl (C=O) groups excluding carboxylic acids is 2. The molecule has 0 radical (unpaired) electrons. The van der Waals surface area contributed by atoms with E-state index in [-0.39, 0.29) is 24.4 Å². The minimum atomic E-state index is -4.78. The van der Waals surface area contributed by atoms with Gasteiger partial charge in [0.15, 0.2) is 5.78 Å². The second kappa shape index (κ2) is 6.24. The van der Waals surface area contributed by atoms with Crippen LogP contribution >= 0.6 is 0 Å². The molecule has 1 aliphatic heterocycles. The molecule has 0 spiro atoms. The number of benzene rings is 1. The third-order valence-corrected chi connectivity index (χ3v) is 3.63. The first-order chi connectivity index (χ1) is 11.3. The van der Waals surface area contributed by atoms with Crippen LogP contribution in [0, 0.1) is 5.41 Å². The maximum Gasteiger partial charge on any atom is 0.573 e. The summed E-state index contributed by atoms with van der Waals surface area (Å²) in [4.78, 5) is 25.9. The Hall–Kier alpha value is -2.25. The van der Waals surface area contributed by atoms with Gasteiger partial charge in [-0.15, -0.1) is 13.2 Å². The summed E-state index contributed by atoms with van der Waals surface area (Å²) < 4.78 is 45.5. The van der Waals surface area contributed by atoms with Crippen LogP contribution in [0.15, 0.2) is 24.3 Å². The maximum atomic E-state index is 12.6. The van der Waals surface area contributed by atoms with Crippen LogP contribution < -0.4 is 4.74 Å². The van der Waals surface area contributed by atoms with Crippen molar-refractivity contribution >= 4 is 11.9 Å². The van der Waals surface area contributed by atoms with E-state index in [1.54, 1.807) is 27.7 Å². The summed E-state index contributed by atoms with van der Waals surface area (Å²) >= 11 is 0. The van der Waals surface area contributed by atoms with Crippen LogP contribution in [0.2, 0.25) is 0 Å². The van der Waals surface area contributed by atoms with Crippen molar-refractivity contribution in [1.29, 1.82) is 0 Å². The number of halogens is 3. The SMILES string of the molecule is CC(C)(C)OC(=O)N1CC(C)(C(=O)c2ccc(OC(F)(F)F)cc2)C1. The Morgan fingerprint density at radius 1 is 1.08 bits per heavy atom. The lowest BCUT2D eigenvalue weighted by Crippen LogP contribution is -2.61. The third kappa shape index (κ3) is 4.87. The van der Waals surface area contributed by atoms with Crippen LogP contribution in [-0.4, -0.2) is 41.8 Å². The summed E-state index contributed by atoms with van der Waals surface area (Å²) in [5.41, 5.74) is -1.15. The van der Waals surface area contributed by atoms with E-state index < -0.39 is 29.2 Å². The Bertz CT molecular complexity index is 656. The van der Waals surface area contributed by atoms with Crippen molar-refractivity contribution in [3.63, 3.8) is 0 Å². The molecule has 0 unspecified atom stereocenters. The van der Waals surface area contributed by atoms with E-state index in [0.717, 1.165) is 12.1 Å². The minimum Gasteiger partial charge on any atom is -0.444 e. The Morgan fingerprint density at radius 2 is 1.60 bits per heavy atom. The summed E-state index contributed by atoms with van der Waals surface area (Å²) in [5, 5.41) is 0. The van der Waals surface area contributed by atoms with Crippen molar-refractivity contribution in [1.82, 2.24) is 4.90 Å². The van der Waals surface area contributed by atoms with Gasteiger partial charge in [-0.1, -0.05) is 0 Å². The van der Waals surface area contributed by atoms with Crippen LogP contribution in [0.3, 0.4) is 0 Å². The van der Waals surface area contributed by atoms with E-state index in [0.29, 0.717) is 0 Å². The molecule has 0 saturated carbocycles. The molecule has 0 N–H and O–H groups in total. The largest absolute Gasteiger partial charge is 0.573 e. The van der Waals surface area contributed by atoms with E-state index in [9.17, 15) is 22.8 Å². The maximum absolute atomic E-state index is 12.6. The Morgan fingerprint density at radius 3 is 2.04 bits per heavy atom. The molecular weight excluding hydrogens is 339 g/mol. The average molecular weight is 359 g/mol. The summed E-state index contributed by atoms with van der Waals surface area (Å²) in [5.74, 6) is -0.635. The number of Topliss-reactive ketones (excluding diaryl/α,β-unsaturated/α-hetero) is 1. The first kappa shape index (κ1) is 19.1. The quantitative estimate of drug-likeness (QED) is 0.765. The molecule has 1 amide bonds. The van der Waals surface area contributed by atoms with Gasteiger partial charge in [0.2, 0.25) is 0 Å². The number of hydrogen-bond acceptors (Lipinski definition) is 4. The summed E-state index contributed by atoms with van der Waals surface area (Å²) in [7, 11) is 0. The average Bonchev–Trinajstić information content (AvgIpc) is 2.40. The second-order valence-electron chi connectivity index (χ2n) is 7.30. The van der Waals surface area contributed by atoms with Crippen molar-refractivity contribution in [2.24, 2.45) is 5.41 Å². The lowest BCUT2D eigenvalue weighted by Gasteiger charge is -2.46. The van der Waals surface area contributed by atoms with Gasteiger partial charge < -0.3 is 14.4 Å². The summed E-state index contributed by atoms with van der Waals surface area (Å²) in [6, 6.07) is 4.75. The molecule has 1 aromatic carbocycles. The molecule has 138 valence electrons. The molecule has 1 aromatic rings. The number of ether oxygens (including phenoxy) is 2. The highest BCUT2D eigenvalue weighted by molar-refractivity contribution is 6.02. The predicted octanol–water partition coefficient (Wildman–Crippen LogP) is 4.02. The number of alkyl halides is 3. The number of nitrogens with zero attached hydrogens (tertiary/aromatic N) is 1. The molecule has 0 atom stereocenters. The third-order valence-electron chi connectivity index (χ3n) is 3.63. The van der Waals surface area contributed by atoms with Gasteiger partial charge in [-0.05, 0) is 52.0 Å². The number of hydrogen-bond donors (Lipinski definition) is 0. The van der Waals surface area contributed by atoms with Gasteiger partial charge in [-0.2, -0.15) is 0 Å². The highest BCUT2D eigenvalue weighted by atomic mass is 19.4. The molecule has 2 rings (SSSR count). The molecule has 1 saturated heterocycles. The van der Waals surface area contributed by atoms with Gasteiger partial charge in [0.25, 0.3) is 0 Å². The van der Waals surface area contributed by atoms with Crippen molar-refractivity contribution in [3.8, 4) is 5.75 Å². The molecular formula is C17H20F3NO4. The number of rotatable bonds is 3. The topological polar surface area (TPSA) is 55.8 Å². The van der Waals surface area contributed by atoms with Gasteiger partial charge in [0.05, 0.1) is 5.41 Å². The molecule has 1 aliphatic rings. The van der Waals surface area contributed by atoms with Gasteiger partial charge in [-0.25, -0.2) is 4.79 Å². The fraction of sp³-hybridized carbons (Fsp3) is 0.529. The number of likely N-dealkylation sites (tertiary alicyclic amines) is 1. The van der Waals surface area contributed by atoms with Crippen LogP contribution in [0.1, 0.15) is 38.1 Å². The normalized spacial score (nSPS) is 16.8. The van der Waals surface area contributed by atoms with E-state index in [4.69, 9.17) is 4.74 Å². The lowest BCUT2D eigenvalue weighted by molar-refractivity contribution is -0.274. The van der Waals surface area contributed by atoms with Gasteiger partial charge >= 0.3 is 12.5 Å². The lowest BCUT2D eigenvalue weighted by atomic mass is 9.75. The van der Waals surface area contributed by atoms with E-state index in [2.05, 4.69) is 4.74 Å². The van der Waals surface area contributed by atoms with Crippen LogP contribution in [0.5, 0.6) is 5.75 Å². The van der Waals surface area contributed by atoms with Crippen LogP contribution in [0.4, 0.5) is 18.0 Å². The monoisotopic (exact) mass is 359 g/mol. The molecule has 0 bridgehead atoms. The van der Waals surface area contributed by atoms with Crippen molar-refractivity contribution in [3.05, 3.63) is 29.8 Å².